The van der Waals surface area contributed by atoms with Gasteiger partial charge in [-0.15, -0.1) is 0 Å². The van der Waals surface area contributed by atoms with E-state index in [9.17, 15) is 9.90 Å². The van der Waals surface area contributed by atoms with Gasteiger partial charge in [0.2, 0.25) is 0 Å². The summed E-state index contributed by atoms with van der Waals surface area (Å²) < 4.78 is 5.25. The molecule has 0 saturated carbocycles. The van der Waals surface area contributed by atoms with Crippen LogP contribution in [-0.2, 0) is 13.1 Å². The molecule has 31 heavy (non-hydrogen) atoms. The third-order valence-electron chi connectivity index (χ3n) is 5.90. The van der Waals surface area contributed by atoms with E-state index in [2.05, 4.69) is 39.5 Å². The standard InChI is InChI=1S/C25H29N3O3/c1-17-23(13-20-7-8-22(31-2)14-24(20)27-17)25(30)26-15-18-3-5-19(6-4-18)16-28-11-9-21(29)10-12-28/h3-8,13-14,21,29H,9-12,15-16H2,1-2H3,(H,26,30). The third kappa shape index (κ3) is 5.21. The molecular weight excluding hydrogens is 390 g/mol. The van der Waals surface area contributed by atoms with E-state index >= 15 is 0 Å². The van der Waals surface area contributed by atoms with Crippen LogP contribution in [0.5, 0.6) is 5.75 Å². The molecule has 0 unspecified atom stereocenters. The summed E-state index contributed by atoms with van der Waals surface area (Å²) in [4.78, 5) is 19.7. The van der Waals surface area contributed by atoms with Gasteiger partial charge in [-0.1, -0.05) is 24.3 Å². The van der Waals surface area contributed by atoms with Gasteiger partial charge in [0.15, 0.2) is 0 Å². The first-order chi connectivity index (χ1) is 15.0. The van der Waals surface area contributed by atoms with Crippen LogP contribution in [0.4, 0.5) is 0 Å². The number of carbonyl (C=O) groups is 1. The van der Waals surface area contributed by atoms with Crippen molar-refractivity contribution >= 4 is 16.8 Å². The zero-order valence-corrected chi connectivity index (χ0v) is 18.1. The lowest BCUT2D eigenvalue weighted by atomic mass is 10.1. The Morgan fingerprint density at radius 3 is 2.55 bits per heavy atom. The molecule has 1 saturated heterocycles. The highest BCUT2D eigenvalue weighted by Crippen LogP contribution is 2.22. The predicted octanol–water partition coefficient (Wildman–Crippen LogP) is 3.44. The number of ether oxygens (including phenoxy) is 1. The van der Waals surface area contributed by atoms with Gasteiger partial charge < -0.3 is 15.2 Å². The Morgan fingerprint density at radius 1 is 1.13 bits per heavy atom. The Labute approximate surface area is 182 Å². The Kier molecular flexibility index (Phi) is 6.49. The number of hydrogen-bond acceptors (Lipinski definition) is 5. The number of aliphatic hydroxyl groups excluding tert-OH is 1. The van der Waals surface area contributed by atoms with Gasteiger partial charge in [-0.2, -0.15) is 0 Å². The summed E-state index contributed by atoms with van der Waals surface area (Å²) in [5.41, 5.74) is 4.40. The lowest BCUT2D eigenvalue weighted by Crippen LogP contribution is -2.35. The molecule has 4 rings (SSSR count). The Morgan fingerprint density at radius 2 is 1.84 bits per heavy atom. The number of piperidine rings is 1. The molecule has 2 heterocycles. The molecule has 6 nitrogen and oxygen atoms in total. The van der Waals surface area contributed by atoms with Crippen LogP contribution in [0.25, 0.3) is 10.9 Å². The number of nitrogens with zero attached hydrogens (tertiary/aromatic N) is 2. The highest BCUT2D eigenvalue weighted by Gasteiger charge is 2.17. The largest absolute Gasteiger partial charge is 0.497 e. The molecule has 6 heteroatoms. The fraction of sp³-hybridized carbons (Fsp3) is 0.360. The van der Waals surface area contributed by atoms with Crippen molar-refractivity contribution in [2.75, 3.05) is 20.2 Å². The molecule has 0 atom stereocenters. The molecule has 0 bridgehead atoms. The van der Waals surface area contributed by atoms with Crippen molar-refractivity contribution in [3.05, 3.63) is 70.9 Å². The molecule has 1 aliphatic rings. The van der Waals surface area contributed by atoms with Gasteiger partial charge in [-0.25, -0.2) is 0 Å². The second-order valence-corrected chi connectivity index (χ2v) is 8.19. The first-order valence-electron chi connectivity index (χ1n) is 10.7. The number of pyridine rings is 1. The fourth-order valence-electron chi connectivity index (χ4n) is 3.98. The van der Waals surface area contributed by atoms with Crippen molar-refractivity contribution < 1.29 is 14.6 Å². The molecular formula is C25H29N3O3. The van der Waals surface area contributed by atoms with Crippen LogP contribution in [0.2, 0.25) is 0 Å². The summed E-state index contributed by atoms with van der Waals surface area (Å²) in [6, 6.07) is 15.9. The van der Waals surface area contributed by atoms with Crippen LogP contribution < -0.4 is 10.1 Å². The summed E-state index contributed by atoms with van der Waals surface area (Å²) in [7, 11) is 1.63. The van der Waals surface area contributed by atoms with E-state index in [-0.39, 0.29) is 12.0 Å². The molecule has 3 aromatic rings. The van der Waals surface area contributed by atoms with Crippen LogP contribution in [-0.4, -0.2) is 47.2 Å². The lowest BCUT2D eigenvalue weighted by molar-refractivity contribution is 0.0792. The smallest absolute Gasteiger partial charge is 0.253 e. The molecule has 0 spiro atoms. The second-order valence-electron chi connectivity index (χ2n) is 8.19. The van der Waals surface area contributed by atoms with Crippen molar-refractivity contribution in [1.82, 2.24) is 15.2 Å². The molecule has 2 aromatic carbocycles. The maximum Gasteiger partial charge on any atom is 0.253 e. The number of carbonyl (C=O) groups excluding carboxylic acids is 1. The summed E-state index contributed by atoms with van der Waals surface area (Å²) in [6.07, 6.45) is 1.55. The Bertz CT molecular complexity index is 1060. The lowest BCUT2D eigenvalue weighted by Gasteiger charge is -2.29. The quantitative estimate of drug-likeness (QED) is 0.640. The van der Waals surface area contributed by atoms with Gasteiger partial charge in [-0.3, -0.25) is 14.7 Å². The first-order valence-corrected chi connectivity index (χ1v) is 10.7. The van der Waals surface area contributed by atoms with Crippen molar-refractivity contribution in [2.24, 2.45) is 0 Å². The topological polar surface area (TPSA) is 74.7 Å². The maximum absolute atomic E-state index is 12.8. The van der Waals surface area contributed by atoms with Crippen LogP contribution in [0.15, 0.2) is 48.5 Å². The second kappa shape index (κ2) is 9.45. The van der Waals surface area contributed by atoms with Crippen molar-refractivity contribution in [3.63, 3.8) is 0 Å². The highest BCUT2D eigenvalue weighted by atomic mass is 16.5. The van der Waals surface area contributed by atoms with Gasteiger partial charge in [0, 0.05) is 37.6 Å². The predicted molar refractivity (Wildman–Crippen MR) is 121 cm³/mol. The molecule has 2 N–H and O–H groups in total. The highest BCUT2D eigenvalue weighted by molar-refractivity contribution is 5.98. The monoisotopic (exact) mass is 419 g/mol. The van der Waals surface area contributed by atoms with Crippen molar-refractivity contribution in [1.29, 1.82) is 0 Å². The molecule has 1 amide bonds. The van der Waals surface area contributed by atoms with Gasteiger partial charge >= 0.3 is 0 Å². The average molecular weight is 420 g/mol. The number of likely N-dealkylation sites (tertiary alicyclic amines) is 1. The maximum atomic E-state index is 12.8. The third-order valence-corrected chi connectivity index (χ3v) is 5.90. The van der Waals surface area contributed by atoms with E-state index in [0.29, 0.717) is 17.8 Å². The summed E-state index contributed by atoms with van der Waals surface area (Å²) >= 11 is 0. The number of hydrogen-bond donors (Lipinski definition) is 2. The van der Waals surface area contributed by atoms with Crippen LogP contribution >= 0.6 is 0 Å². The Balaban J connectivity index is 1.36. The van der Waals surface area contributed by atoms with E-state index in [0.717, 1.165) is 54.7 Å². The molecule has 1 aliphatic heterocycles. The molecule has 162 valence electrons. The van der Waals surface area contributed by atoms with Crippen molar-refractivity contribution in [3.8, 4) is 5.75 Å². The SMILES string of the molecule is COc1ccc2cc(C(=O)NCc3ccc(CN4CCC(O)CC4)cc3)c(C)nc2c1. The van der Waals surface area contributed by atoms with Crippen LogP contribution in [0.3, 0.4) is 0 Å². The summed E-state index contributed by atoms with van der Waals surface area (Å²) in [5.74, 6) is 0.622. The number of aliphatic hydroxyl groups is 1. The summed E-state index contributed by atoms with van der Waals surface area (Å²) in [6.45, 7) is 5.08. The summed E-state index contributed by atoms with van der Waals surface area (Å²) in [5, 5.41) is 13.6. The zero-order chi connectivity index (χ0) is 21.8. The number of aryl methyl sites for hydroxylation is 1. The van der Waals surface area contributed by atoms with Gasteiger partial charge in [0.1, 0.15) is 5.75 Å². The minimum atomic E-state index is -0.147. The first kappa shape index (κ1) is 21.3. The Hall–Kier alpha value is -2.96. The van der Waals surface area contributed by atoms with E-state index in [4.69, 9.17) is 4.74 Å². The van der Waals surface area contributed by atoms with E-state index < -0.39 is 0 Å². The van der Waals surface area contributed by atoms with E-state index in [1.165, 1.54) is 5.56 Å². The number of benzene rings is 2. The molecule has 1 aromatic heterocycles. The fourth-order valence-corrected chi connectivity index (χ4v) is 3.98. The number of methoxy groups -OCH3 is 1. The number of nitrogens with one attached hydrogen (secondary N) is 1. The van der Waals surface area contributed by atoms with Gasteiger partial charge in [0.25, 0.3) is 5.91 Å². The number of fused-ring (bicyclic) bond motifs is 1. The molecule has 0 aliphatic carbocycles. The van der Waals surface area contributed by atoms with E-state index in [1.54, 1.807) is 7.11 Å². The minimum Gasteiger partial charge on any atom is -0.497 e. The van der Waals surface area contributed by atoms with Crippen LogP contribution in [0.1, 0.15) is 40.0 Å². The van der Waals surface area contributed by atoms with Crippen LogP contribution in [0, 0.1) is 6.92 Å². The van der Waals surface area contributed by atoms with E-state index in [1.807, 2.05) is 31.2 Å². The van der Waals surface area contributed by atoms with Crippen molar-refractivity contribution in [2.45, 2.75) is 39.0 Å². The number of rotatable bonds is 6. The number of amides is 1. The van der Waals surface area contributed by atoms with Gasteiger partial charge in [-0.05, 0) is 49.1 Å². The number of aromatic nitrogens is 1. The zero-order valence-electron chi connectivity index (χ0n) is 18.1. The normalized spacial score (nSPS) is 15.2. The average Bonchev–Trinajstić information content (AvgIpc) is 2.79. The molecule has 1 fully saturated rings. The van der Waals surface area contributed by atoms with Gasteiger partial charge in [0.05, 0.1) is 30.0 Å². The molecule has 0 radical (unpaired) electrons. The minimum absolute atomic E-state index is 0.126.